The second-order valence-corrected chi connectivity index (χ2v) is 5.20. The fraction of sp³-hybridized carbons (Fsp3) is 0.250. The van der Waals surface area contributed by atoms with E-state index in [0.29, 0.717) is 0 Å². The molecule has 2 aromatic rings. The van der Waals surface area contributed by atoms with E-state index in [-0.39, 0.29) is 11.9 Å². The van der Waals surface area contributed by atoms with Crippen molar-refractivity contribution >= 4 is 11.8 Å². The Bertz CT molecular complexity index is 507. The zero-order chi connectivity index (χ0) is 13.7. The maximum Gasteiger partial charge on any atom is 0.123 e. The van der Waals surface area contributed by atoms with Crippen molar-refractivity contribution in [3.05, 3.63) is 65.5 Å². The molecule has 1 unspecified atom stereocenters. The van der Waals surface area contributed by atoms with Gasteiger partial charge in [-0.2, -0.15) is 0 Å². The molecule has 0 aliphatic carbocycles. The summed E-state index contributed by atoms with van der Waals surface area (Å²) in [6, 6.07) is 15.3. The van der Waals surface area contributed by atoms with Crippen LogP contribution < -0.4 is 5.32 Å². The molecular formula is C16H18FNS. The van der Waals surface area contributed by atoms with Gasteiger partial charge in [0.1, 0.15) is 5.82 Å². The molecule has 100 valence electrons. The molecule has 2 rings (SSSR count). The van der Waals surface area contributed by atoms with Crippen molar-refractivity contribution in [3.63, 3.8) is 0 Å². The average Bonchev–Trinajstić information content (AvgIpc) is 2.46. The molecule has 1 N–H and O–H groups in total. The largest absolute Gasteiger partial charge is 0.307 e. The monoisotopic (exact) mass is 275 g/mol. The summed E-state index contributed by atoms with van der Waals surface area (Å²) < 4.78 is 13.0. The molecular weight excluding hydrogens is 257 g/mol. The Hall–Kier alpha value is -1.32. The highest BCUT2D eigenvalue weighted by atomic mass is 32.2. The Kier molecular flexibility index (Phi) is 5.00. The van der Waals surface area contributed by atoms with Crippen LogP contribution in [0.25, 0.3) is 0 Å². The van der Waals surface area contributed by atoms with E-state index in [1.54, 1.807) is 11.8 Å². The van der Waals surface area contributed by atoms with Gasteiger partial charge in [0.05, 0.1) is 6.04 Å². The summed E-state index contributed by atoms with van der Waals surface area (Å²) in [6.07, 6.45) is 2.07. The maximum absolute atomic E-state index is 13.0. The molecule has 3 heteroatoms. The topological polar surface area (TPSA) is 12.0 Å². The highest BCUT2D eigenvalue weighted by molar-refractivity contribution is 7.98. The van der Waals surface area contributed by atoms with E-state index in [0.717, 1.165) is 12.1 Å². The third-order valence-corrected chi connectivity index (χ3v) is 3.80. The Morgan fingerprint density at radius 1 is 1.00 bits per heavy atom. The van der Waals surface area contributed by atoms with Gasteiger partial charge in [-0.25, -0.2) is 4.39 Å². The predicted molar refractivity (Wildman–Crippen MR) is 80.1 cm³/mol. The maximum atomic E-state index is 13.0. The minimum absolute atomic E-state index is 0.113. The summed E-state index contributed by atoms with van der Waals surface area (Å²) in [7, 11) is 0. The smallest absolute Gasteiger partial charge is 0.123 e. The van der Waals surface area contributed by atoms with Crippen molar-refractivity contribution in [2.45, 2.75) is 17.9 Å². The molecule has 0 saturated heterocycles. The van der Waals surface area contributed by atoms with Crippen LogP contribution in [0.3, 0.4) is 0 Å². The molecule has 0 heterocycles. The van der Waals surface area contributed by atoms with Crippen molar-refractivity contribution in [2.24, 2.45) is 0 Å². The van der Waals surface area contributed by atoms with Crippen LogP contribution in [0.1, 0.15) is 24.1 Å². The first-order valence-corrected chi connectivity index (χ1v) is 7.60. The van der Waals surface area contributed by atoms with E-state index in [1.165, 1.54) is 22.6 Å². The van der Waals surface area contributed by atoms with Crippen LogP contribution in [-0.2, 0) is 0 Å². The lowest BCUT2D eigenvalue weighted by atomic mass is 9.99. The van der Waals surface area contributed by atoms with Crippen LogP contribution in [0.15, 0.2) is 53.4 Å². The molecule has 0 aliphatic rings. The van der Waals surface area contributed by atoms with Gasteiger partial charge in [-0.1, -0.05) is 31.2 Å². The molecule has 0 aliphatic heterocycles. The van der Waals surface area contributed by atoms with Crippen molar-refractivity contribution < 1.29 is 4.39 Å². The van der Waals surface area contributed by atoms with E-state index < -0.39 is 0 Å². The Labute approximate surface area is 118 Å². The molecule has 0 spiro atoms. The number of thioether (sulfide) groups is 1. The molecule has 0 bridgehead atoms. The summed E-state index contributed by atoms with van der Waals surface area (Å²) in [6.45, 7) is 2.94. The lowest BCUT2D eigenvalue weighted by Gasteiger charge is -2.19. The van der Waals surface area contributed by atoms with Crippen LogP contribution in [0.5, 0.6) is 0 Å². The van der Waals surface area contributed by atoms with Crippen molar-refractivity contribution in [2.75, 3.05) is 12.8 Å². The van der Waals surface area contributed by atoms with Crippen molar-refractivity contribution in [3.8, 4) is 0 Å². The van der Waals surface area contributed by atoms with Gasteiger partial charge in [0.25, 0.3) is 0 Å². The van der Waals surface area contributed by atoms with Crippen LogP contribution in [0.2, 0.25) is 0 Å². The molecule has 19 heavy (non-hydrogen) atoms. The van der Waals surface area contributed by atoms with Crippen molar-refractivity contribution in [1.29, 1.82) is 0 Å². The summed E-state index contributed by atoms with van der Waals surface area (Å²) in [5, 5.41) is 3.44. The predicted octanol–water partition coefficient (Wildman–Crippen LogP) is 4.25. The quantitative estimate of drug-likeness (QED) is 0.819. The van der Waals surface area contributed by atoms with Gasteiger partial charge in [-0.05, 0) is 48.2 Å². The second-order valence-electron chi connectivity index (χ2n) is 4.32. The zero-order valence-electron chi connectivity index (χ0n) is 11.2. The highest BCUT2D eigenvalue weighted by Crippen LogP contribution is 2.24. The lowest BCUT2D eigenvalue weighted by molar-refractivity contribution is 0.613. The fourth-order valence-electron chi connectivity index (χ4n) is 2.08. The van der Waals surface area contributed by atoms with Gasteiger partial charge in [-0.15, -0.1) is 11.8 Å². The van der Waals surface area contributed by atoms with Gasteiger partial charge in [-0.3, -0.25) is 0 Å². The average molecular weight is 275 g/mol. The number of halogens is 1. The van der Waals surface area contributed by atoms with Gasteiger partial charge in [0.15, 0.2) is 0 Å². The molecule has 1 atom stereocenters. The van der Waals surface area contributed by atoms with Gasteiger partial charge in [0, 0.05) is 4.90 Å². The molecule has 0 amide bonds. The molecule has 0 radical (unpaired) electrons. The van der Waals surface area contributed by atoms with Crippen LogP contribution in [-0.4, -0.2) is 12.8 Å². The molecule has 2 aromatic carbocycles. The minimum atomic E-state index is -0.197. The Balaban J connectivity index is 2.30. The SMILES string of the molecule is CCNC(c1ccc(F)cc1)c1ccc(SC)cc1. The number of hydrogen-bond acceptors (Lipinski definition) is 2. The standard InChI is InChI=1S/C16H18FNS/c1-3-18-16(12-4-8-14(17)9-5-12)13-6-10-15(19-2)11-7-13/h4-11,16,18H,3H2,1-2H3. The number of nitrogens with one attached hydrogen (secondary N) is 1. The summed E-state index contributed by atoms with van der Waals surface area (Å²) in [5.41, 5.74) is 2.28. The number of rotatable bonds is 5. The van der Waals surface area contributed by atoms with E-state index in [1.807, 2.05) is 12.1 Å². The van der Waals surface area contributed by atoms with Crippen molar-refractivity contribution in [1.82, 2.24) is 5.32 Å². The van der Waals surface area contributed by atoms with E-state index in [2.05, 4.69) is 42.8 Å². The van der Waals surface area contributed by atoms with Gasteiger partial charge < -0.3 is 5.32 Å². The summed E-state index contributed by atoms with van der Waals surface area (Å²) in [5.74, 6) is -0.197. The van der Waals surface area contributed by atoms with E-state index in [4.69, 9.17) is 0 Å². The molecule has 0 saturated carbocycles. The molecule has 0 aromatic heterocycles. The first-order valence-electron chi connectivity index (χ1n) is 6.37. The minimum Gasteiger partial charge on any atom is -0.307 e. The van der Waals surface area contributed by atoms with Crippen LogP contribution >= 0.6 is 11.8 Å². The van der Waals surface area contributed by atoms with E-state index in [9.17, 15) is 4.39 Å². The van der Waals surface area contributed by atoms with Crippen LogP contribution in [0, 0.1) is 5.82 Å². The highest BCUT2D eigenvalue weighted by Gasteiger charge is 2.12. The fourth-order valence-corrected chi connectivity index (χ4v) is 2.49. The first kappa shape index (κ1) is 14.1. The summed E-state index contributed by atoms with van der Waals surface area (Å²) >= 11 is 1.73. The normalized spacial score (nSPS) is 12.4. The molecule has 1 nitrogen and oxygen atoms in total. The van der Waals surface area contributed by atoms with Gasteiger partial charge >= 0.3 is 0 Å². The zero-order valence-corrected chi connectivity index (χ0v) is 12.0. The Morgan fingerprint density at radius 3 is 2.00 bits per heavy atom. The second kappa shape index (κ2) is 6.73. The van der Waals surface area contributed by atoms with Crippen LogP contribution in [0.4, 0.5) is 4.39 Å². The molecule has 0 fully saturated rings. The Morgan fingerprint density at radius 2 is 1.53 bits per heavy atom. The third kappa shape index (κ3) is 3.58. The van der Waals surface area contributed by atoms with E-state index >= 15 is 0 Å². The number of hydrogen-bond donors (Lipinski definition) is 1. The third-order valence-electron chi connectivity index (χ3n) is 3.06. The first-order chi connectivity index (χ1) is 9.24. The summed E-state index contributed by atoms with van der Waals surface area (Å²) in [4.78, 5) is 1.25. The lowest BCUT2D eigenvalue weighted by Crippen LogP contribution is -2.21. The van der Waals surface area contributed by atoms with Gasteiger partial charge in [0.2, 0.25) is 0 Å². The number of benzene rings is 2.